The Morgan fingerprint density at radius 1 is 1.20 bits per heavy atom. The van der Waals surface area contributed by atoms with Gasteiger partial charge in [0.25, 0.3) is 11.5 Å². The lowest BCUT2D eigenvalue weighted by molar-refractivity contribution is 0.0921. The second kappa shape index (κ2) is 8.99. The van der Waals surface area contributed by atoms with Crippen molar-refractivity contribution in [2.45, 2.75) is 51.6 Å². The number of anilines is 1. The van der Waals surface area contributed by atoms with E-state index >= 15 is 0 Å². The monoisotopic (exact) mass is 414 g/mol. The predicted octanol–water partition coefficient (Wildman–Crippen LogP) is 1.46. The van der Waals surface area contributed by atoms with E-state index in [0.29, 0.717) is 24.5 Å². The summed E-state index contributed by atoms with van der Waals surface area (Å²) in [6, 6.07) is 3.25. The number of hydrogen-bond acceptors (Lipinski definition) is 7. The number of nitrogens with one attached hydrogen (secondary N) is 1. The fourth-order valence-corrected chi connectivity index (χ4v) is 4.31. The van der Waals surface area contributed by atoms with Crippen molar-refractivity contribution in [3.63, 3.8) is 0 Å². The number of carbonyl (C=O) groups is 1. The number of aryl methyl sites for hydroxylation is 2. The van der Waals surface area contributed by atoms with Crippen LogP contribution >= 0.6 is 0 Å². The topological polar surface area (TPSA) is 96.5 Å². The van der Waals surface area contributed by atoms with Crippen molar-refractivity contribution in [2.75, 3.05) is 31.1 Å². The van der Waals surface area contributed by atoms with E-state index in [2.05, 4.69) is 25.4 Å². The maximum atomic E-state index is 13.0. The molecule has 0 unspecified atom stereocenters. The van der Waals surface area contributed by atoms with E-state index in [-0.39, 0.29) is 17.5 Å². The number of hydrogen-bond donors (Lipinski definition) is 1. The molecule has 4 rings (SSSR count). The quantitative estimate of drug-likeness (QED) is 0.791. The van der Waals surface area contributed by atoms with Crippen molar-refractivity contribution in [1.82, 2.24) is 25.2 Å². The van der Waals surface area contributed by atoms with Crippen LogP contribution in [0.15, 0.2) is 21.5 Å². The summed E-state index contributed by atoms with van der Waals surface area (Å²) < 4.78 is 6.71. The Kier molecular flexibility index (Phi) is 6.17. The van der Waals surface area contributed by atoms with Gasteiger partial charge in [-0.1, -0.05) is 11.6 Å². The molecule has 0 spiro atoms. The summed E-state index contributed by atoms with van der Waals surface area (Å²) in [5.41, 5.74) is 1.15. The lowest BCUT2D eigenvalue weighted by atomic mass is 10.0. The maximum absolute atomic E-state index is 13.0. The molecule has 2 aromatic rings. The molecule has 30 heavy (non-hydrogen) atoms. The maximum Gasteiger partial charge on any atom is 0.274 e. The van der Waals surface area contributed by atoms with Crippen LogP contribution in [0.4, 0.5) is 5.82 Å². The van der Waals surface area contributed by atoms with Gasteiger partial charge in [-0.05, 0) is 51.8 Å². The first kappa shape index (κ1) is 20.6. The zero-order chi connectivity index (χ0) is 21.1. The molecular formula is C21H30N6O3. The van der Waals surface area contributed by atoms with E-state index < -0.39 is 0 Å². The van der Waals surface area contributed by atoms with Crippen LogP contribution in [-0.2, 0) is 13.6 Å². The number of amides is 1. The van der Waals surface area contributed by atoms with Crippen LogP contribution in [-0.4, -0.2) is 58.0 Å². The highest BCUT2D eigenvalue weighted by Gasteiger charge is 2.27. The summed E-state index contributed by atoms with van der Waals surface area (Å²) in [7, 11) is 1.64. The molecule has 0 aliphatic carbocycles. The van der Waals surface area contributed by atoms with Gasteiger partial charge in [0.1, 0.15) is 11.6 Å². The molecular weight excluding hydrogens is 384 g/mol. The van der Waals surface area contributed by atoms with Gasteiger partial charge in [-0.15, -0.1) is 0 Å². The van der Waals surface area contributed by atoms with Gasteiger partial charge in [0.2, 0.25) is 0 Å². The fraction of sp³-hybridized carbons (Fsp3) is 0.619. The molecule has 4 heterocycles. The van der Waals surface area contributed by atoms with Crippen LogP contribution in [0.25, 0.3) is 0 Å². The molecule has 0 aromatic carbocycles. The number of nitrogens with zero attached hydrogens (tertiary/aromatic N) is 5. The second-order valence-electron chi connectivity index (χ2n) is 8.31. The van der Waals surface area contributed by atoms with Gasteiger partial charge in [0.15, 0.2) is 5.69 Å². The van der Waals surface area contributed by atoms with Crippen LogP contribution in [0.5, 0.6) is 0 Å². The SMILES string of the molecule is Cc1onc(C(=O)N[C@H]2CCCN(c3ccc(=O)n(C)n3)C2)c1CN1CCCCC1. The highest BCUT2D eigenvalue weighted by atomic mass is 16.5. The van der Waals surface area contributed by atoms with Gasteiger partial charge in [-0.25, -0.2) is 4.68 Å². The van der Waals surface area contributed by atoms with Gasteiger partial charge in [-0.2, -0.15) is 5.10 Å². The first-order valence-electron chi connectivity index (χ1n) is 10.8. The summed E-state index contributed by atoms with van der Waals surface area (Å²) in [6.45, 7) is 6.18. The van der Waals surface area contributed by atoms with Crippen molar-refractivity contribution in [3.8, 4) is 0 Å². The summed E-state index contributed by atoms with van der Waals surface area (Å²) >= 11 is 0. The molecule has 0 bridgehead atoms. The first-order chi connectivity index (χ1) is 14.5. The van der Waals surface area contributed by atoms with Gasteiger partial charge in [-0.3, -0.25) is 14.5 Å². The molecule has 0 saturated carbocycles. The Labute approximate surface area is 176 Å². The highest BCUT2D eigenvalue weighted by molar-refractivity contribution is 5.94. The molecule has 9 nitrogen and oxygen atoms in total. The van der Waals surface area contributed by atoms with Crippen molar-refractivity contribution < 1.29 is 9.32 Å². The van der Waals surface area contributed by atoms with Gasteiger partial charge in [0.05, 0.1) is 0 Å². The van der Waals surface area contributed by atoms with E-state index in [4.69, 9.17) is 4.52 Å². The normalized spacial score (nSPS) is 20.3. The van der Waals surface area contributed by atoms with Crippen LogP contribution in [0.2, 0.25) is 0 Å². The van der Waals surface area contributed by atoms with Crippen LogP contribution in [0.1, 0.15) is 53.9 Å². The molecule has 1 atom stereocenters. The number of aromatic nitrogens is 3. The van der Waals surface area contributed by atoms with Gasteiger partial charge < -0.3 is 14.7 Å². The standard InChI is InChI=1S/C21H30N6O3/c1-15-17(14-26-10-4-3-5-11-26)20(24-30-15)21(29)22-16-7-6-12-27(13-16)18-8-9-19(28)25(2)23-18/h8-9,16H,3-7,10-14H2,1-2H3,(H,22,29)/t16-/m0/s1. The van der Waals surface area contributed by atoms with Crippen LogP contribution in [0, 0.1) is 6.92 Å². The number of carbonyl (C=O) groups excluding carboxylic acids is 1. The third-order valence-electron chi connectivity index (χ3n) is 6.06. The lowest BCUT2D eigenvalue weighted by Gasteiger charge is -2.33. The Balaban J connectivity index is 1.42. The summed E-state index contributed by atoms with van der Waals surface area (Å²) in [5.74, 6) is 1.28. The van der Waals surface area contributed by atoms with E-state index in [1.54, 1.807) is 13.1 Å². The van der Waals surface area contributed by atoms with E-state index in [1.807, 2.05) is 6.92 Å². The molecule has 2 fully saturated rings. The number of piperidine rings is 2. The minimum Gasteiger partial charge on any atom is -0.361 e. The molecule has 9 heteroatoms. The largest absolute Gasteiger partial charge is 0.361 e. The first-order valence-corrected chi connectivity index (χ1v) is 10.8. The Morgan fingerprint density at radius 3 is 2.77 bits per heavy atom. The van der Waals surface area contributed by atoms with Crippen LogP contribution in [0.3, 0.4) is 0 Å². The molecule has 2 aromatic heterocycles. The third-order valence-corrected chi connectivity index (χ3v) is 6.06. The average Bonchev–Trinajstić information content (AvgIpc) is 3.11. The lowest BCUT2D eigenvalue weighted by Crippen LogP contribution is -2.48. The zero-order valence-electron chi connectivity index (χ0n) is 17.8. The average molecular weight is 415 g/mol. The fourth-order valence-electron chi connectivity index (χ4n) is 4.31. The Hall–Kier alpha value is -2.68. The third kappa shape index (κ3) is 4.56. The minimum absolute atomic E-state index is 0.00914. The molecule has 0 radical (unpaired) electrons. The number of likely N-dealkylation sites (tertiary alicyclic amines) is 1. The number of rotatable bonds is 5. The molecule has 2 aliphatic heterocycles. The van der Waals surface area contributed by atoms with Crippen molar-refractivity contribution >= 4 is 11.7 Å². The minimum atomic E-state index is -0.181. The summed E-state index contributed by atoms with van der Waals surface area (Å²) in [6.07, 6.45) is 5.50. The smallest absolute Gasteiger partial charge is 0.274 e. The van der Waals surface area contributed by atoms with Crippen molar-refractivity contribution in [2.24, 2.45) is 7.05 Å². The Bertz CT molecular complexity index is 946. The molecule has 1 N–H and O–H groups in total. The molecule has 1 amide bonds. The van der Waals surface area contributed by atoms with Crippen molar-refractivity contribution in [3.05, 3.63) is 39.5 Å². The van der Waals surface area contributed by atoms with Crippen LogP contribution < -0.4 is 15.8 Å². The van der Waals surface area contributed by atoms with E-state index in [9.17, 15) is 9.59 Å². The summed E-state index contributed by atoms with van der Waals surface area (Å²) in [4.78, 5) is 29.1. The van der Waals surface area contributed by atoms with E-state index in [1.165, 1.54) is 30.0 Å². The van der Waals surface area contributed by atoms with E-state index in [0.717, 1.165) is 43.9 Å². The molecule has 2 saturated heterocycles. The van der Waals surface area contributed by atoms with Crippen molar-refractivity contribution in [1.29, 1.82) is 0 Å². The zero-order valence-corrected chi connectivity index (χ0v) is 17.8. The predicted molar refractivity (Wildman–Crippen MR) is 113 cm³/mol. The summed E-state index contributed by atoms with van der Waals surface area (Å²) in [5, 5.41) is 11.5. The highest BCUT2D eigenvalue weighted by Crippen LogP contribution is 2.21. The molecule has 2 aliphatic rings. The second-order valence-corrected chi connectivity index (χ2v) is 8.31. The molecule has 162 valence electrons. The Morgan fingerprint density at radius 2 is 2.00 bits per heavy atom. The van der Waals surface area contributed by atoms with Gasteiger partial charge >= 0.3 is 0 Å². The van der Waals surface area contributed by atoms with Gasteiger partial charge in [0, 0.05) is 44.4 Å².